The smallest absolute Gasteiger partial charge is 0.155 e. The zero-order chi connectivity index (χ0) is 13.2. The minimum atomic E-state index is 0.0329. The predicted octanol–water partition coefficient (Wildman–Crippen LogP) is 1.92. The third-order valence-electron chi connectivity index (χ3n) is 3.82. The Balaban J connectivity index is 1.90. The molecule has 2 heterocycles. The zero-order valence-electron chi connectivity index (χ0n) is 11.2. The van der Waals surface area contributed by atoms with Crippen LogP contribution in [0.2, 0.25) is 0 Å². The normalized spacial score (nSPS) is 19.1. The molecule has 1 aromatic heterocycles. The van der Waals surface area contributed by atoms with Gasteiger partial charge in [0.15, 0.2) is 5.78 Å². The Labute approximate surface area is 112 Å². The van der Waals surface area contributed by atoms with Gasteiger partial charge in [-0.05, 0) is 32.4 Å². The quantitative estimate of drug-likeness (QED) is 0.910. The molecule has 1 aromatic carbocycles. The minimum Gasteiger partial charge on any atom is -0.307 e. The van der Waals surface area contributed by atoms with Crippen LogP contribution >= 0.6 is 0 Å². The molecule has 4 nitrogen and oxygen atoms in total. The molecule has 0 aliphatic carbocycles. The number of aryl methyl sites for hydroxylation is 1. The molecule has 1 aliphatic rings. The van der Waals surface area contributed by atoms with Crippen LogP contribution < -0.4 is 5.32 Å². The van der Waals surface area contributed by atoms with Gasteiger partial charge in [0.25, 0.3) is 0 Å². The van der Waals surface area contributed by atoms with Crippen molar-refractivity contribution in [3.8, 4) is 0 Å². The molecule has 1 atom stereocenters. The van der Waals surface area contributed by atoms with Gasteiger partial charge in [0.2, 0.25) is 0 Å². The van der Waals surface area contributed by atoms with Crippen LogP contribution in [0, 0.1) is 0 Å². The Morgan fingerprint density at radius 3 is 3.05 bits per heavy atom. The van der Waals surface area contributed by atoms with Crippen molar-refractivity contribution >= 4 is 16.7 Å². The maximum Gasteiger partial charge on any atom is 0.155 e. The summed E-state index contributed by atoms with van der Waals surface area (Å²) in [6.07, 6.45) is 2.50. The van der Waals surface area contributed by atoms with Crippen LogP contribution in [0.4, 0.5) is 0 Å². The number of ketones is 1. The molecule has 4 heteroatoms. The molecule has 19 heavy (non-hydrogen) atoms. The molecule has 3 rings (SSSR count). The highest BCUT2D eigenvalue weighted by Crippen LogP contribution is 2.20. The van der Waals surface area contributed by atoms with Crippen molar-refractivity contribution in [1.29, 1.82) is 0 Å². The maximum atomic E-state index is 12.2. The molecule has 0 bridgehead atoms. The largest absolute Gasteiger partial charge is 0.307 e. The summed E-state index contributed by atoms with van der Waals surface area (Å²) in [6.45, 7) is 3.86. The first kappa shape index (κ1) is 12.4. The SMILES string of the molecule is CCn1nc(CC(=O)C2CCCN2)c2ccccc21. The monoisotopic (exact) mass is 257 g/mol. The third kappa shape index (κ3) is 2.28. The molecule has 1 aliphatic heterocycles. The van der Waals surface area contributed by atoms with Crippen LogP contribution in [-0.4, -0.2) is 28.2 Å². The average molecular weight is 257 g/mol. The topological polar surface area (TPSA) is 46.9 Å². The summed E-state index contributed by atoms with van der Waals surface area (Å²) < 4.78 is 1.97. The number of para-hydroxylation sites is 1. The van der Waals surface area contributed by atoms with E-state index in [1.54, 1.807) is 0 Å². The predicted molar refractivity (Wildman–Crippen MR) is 75.1 cm³/mol. The molecule has 100 valence electrons. The Kier molecular flexibility index (Phi) is 3.34. The van der Waals surface area contributed by atoms with Crippen LogP contribution in [0.3, 0.4) is 0 Å². The van der Waals surface area contributed by atoms with E-state index in [0.29, 0.717) is 6.42 Å². The van der Waals surface area contributed by atoms with E-state index >= 15 is 0 Å². The van der Waals surface area contributed by atoms with Gasteiger partial charge in [-0.25, -0.2) is 0 Å². The first-order valence-electron chi connectivity index (χ1n) is 7.00. The van der Waals surface area contributed by atoms with Crippen LogP contribution in [0.5, 0.6) is 0 Å². The van der Waals surface area contributed by atoms with E-state index in [1.165, 1.54) is 0 Å². The molecule has 1 N–H and O–H groups in total. The molecule has 0 amide bonds. The first-order valence-corrected chi connectivity index (χ1v) is 7.00. The van der Waals surface area contributed by atoms with Gasteiger partial charge in [0, 0.05) is 11.9 Å². The second-order valence-electron chi connectivity index (χ2n) is 5.07. The van der Waals surface area contributed by atoms with E-state index < -0.39 is 0 Å². The number of carbonyl (C=O) groups is 1. The summed E-state index contributed by atoms with van der Waals surface area (Å²) in [5.74, 6) is 0.268. The van der Waals surface area contributed by atoms with E-state index in [2.05, 4.69) is 29.5 Å². The van der Waals surface area contributed by atoms with E-state index in [-0.39, 0.29) is 11.8 Å². The van der Waals surface area contributed by atoms with Crippen molar-refractivity contribution in [3.05, 3.63) is 30.0 Å². The summed E-state index contributed by atoms with van der Waals surface area (Å²) in [5.41, 5.74) is 2.03. The summed E-state index contributed by atoms with van der Waals surface area (Å²) in [7, 11) is 0. The first-order chi connectivity index (χ1) is 9.29. The van der Waals surface area contributed by atoms with Gasteiger partial charge in [0.1, 0.15) is 0 Å². The third-order valence-corrected chi connectivity index (χ3v) is 3.82. The number of benzene rings is 1. The van der Waals surface area contributed by atoms with E-state index in [4.69, 9.17) is 0 Å². The number of aromatic nitrogens is 2. The number of hydrogen-bond acceptors (Lipinski definition) is 3. The lowest BCUT2D eigenvalue weighted by Crippen LogP contribution is -2.32. The van der Waals surface area contributed by atoms with Gasteiger partial charge >= 0.3 is 0 Å². The molecular formula is C15H19N3O. The van der Waals surface area contributed by atoms with Gasteiger partial charge in [0.05, 0.1) is 23.7 Å². The molecule has 0 saturated carbocycles. The van der Waals surface area contributed by atoms with Gasteiger partial charge in [-0.1, -0.05) is 18.2 Å². The van der Waals surface area contributed by atoms with Gasteiger partial charge in [-0.15, -0.1) is 0 Å². The molecular weight excluding hydrogens is 238 g/mol. The summed E-state index contributed by atoms with van der Waals surface area (Å²) >= 11 is 0. The van der Waals surface area contributed by atoms with E-state index in [1.807, 2.05) is 16.8 Å². The van der Waals surface area contributed by atoms with Gasteiger partial charge < -0.3 is 5.32 Å². The number of nitrogens with zero attached hydrogens (tertiary/aromatic N) is 2. The number of nitrogens with one attached hydrogen (secondary N) is 1. The summed E-state index contributed by atoms with van der Waals surface area (Å²) in [4.78, 5) is 12.2. The molecule has 2 aromatic rings. The molecule has 1 fully saturated rings. The zero-order valence-corrected chi connectivity index (χ0v) is 11.2. The average Bonchev–Trinajstić information content (AvgIpc) is 3.07. The Bertz CT molecular complexity index is 596. The number of hydrogen-bond donors (Lipinski definition) is 1. The number of fused-ring (bicyclic) bond motifs is 1. The van der Waals surface area contributed by atoms with Crippen molar-refractivity contribution in [2.75, 3.05) is 6.54 Å². The highest BCUT2D eigenvalue weighted by Gasteiger charge is 2.23. The minimum absolute atomic E-state index is 0.0329. The Morgan fingerprint density at radius 1 is 1.47 bits per heavy atom. The van der Waals surface area contributed by atoms with Crippen molar-refractivity contribution in [3.63, 3.8) is 0 Å². The molecule has 1 saturated heterocycles. The lowest BCUT2D eigenvalue weighted by atomic mass is 10.0. The summed E-state index contributed by atoms with van der Waals surface area (Å²) in [6, 6.07) is 8.17. The number of rotatable bonds is 4. The highest BCUT2D eigenvalue weighted by molar-refractivity contribution is 5.91. The van der Waals surface area contributed by atoms with Gasteiger partial charge in [-0.2, -0.15) is 5.10 Å². The van der Waals surface area contributed by atoms with Crippen molar-refractivity contribution in [2.45, 2.75) is 38.8 Å². The maximum absolute atomic E-state index is 12.2. The lowest BCUT2D eigenvalue weighted by molar-refractivity contribution is -0.120. The van der Waals surface area contributed by atoms with Crippen molar-refractivity contribution in [2.24, 2.45) is 0 Å². The number of Topliss-reactive ketones (excluding diaryl/α,β-unsaturated/α-hetero) is 1. The molecule has 1 unspecified atom stereocenters. The van der Waals surface area contributed by atoms with Crippen LogP contribution in [-0.2, 0) is 17.8 Å². The van der Waals surface area contributed by atoms with Crippen LogP contribution in [0.1, 0.15) is 25.5 Å². The van der Waals surface area contributed by atoms with Crippen molar-refractivity contribution in [1.82, 2.24) is 15.1 Å². The fraction of sp³-hybridized carbons (Fsp3) is 0.467. The second-order valence-corrected chi connectivity index (χ2v) is 5.07. The van der Waals surface area contributed by atoms with Crippen molar-refractivity contribution < 1.29 is 4.79 Å². The van der Waals surface area contributed by atoms with Crippen LogP contribution in [0.15, 0.2) is 24.3 Å². The van der Waals surface area contributed by atoms with E-state index in [9.17, 15) is 4.79 Å². The van der Waals surface area contributed by atoms with Crippen LogP contribution in [0.25, 0.3) is 10.9 Å². The second kappa shape index (κ2) is 5.13. The highest BCUT2D eigenvalue weighted by atomic mass is 16.1. The fourth-order valence-corrected chi connectivity index (χ4v) is 2.82. The Morgan fingerprint density at radius 2 is 2.32 bits per heavy atom. The van der Waals surface area contributed by atoms with Gasteiger partial charge in [-0.3, -0.25) is 9.48 Å². The lowest BCUT2D eigenvalue weighted by Gasteiger charge is -2.07. The molecule has 0 spiro atoms. The molecule has 0 radical (unpaired) electrons. The number of carbonyl (C=O) groups excluding carboxylic acids is 1. The summed E-state index contributed by atoms with van der Waals surface area (Å²) in [5, 5.41) is 8.96. The van der Waals surface area contributed by atoms with E-state index in [0.717, 1.165) is 42.5 Å². The Hall–Kier alpha value is -1.68. The standard InChI is InChI=1S/C15H19N3O/c1-2-18-14-8-4-3-6-11(14)13(17-18)10-15(19)12-7-5-9-16-12/h3-4,6,8,12,16H,2,5,7,9-10H2,1H3. The fourth-order valence-electron chi connectivity index (χ4n) is 2.82.